The molecular formula is C15H20F3N3O2. The standard InChI is InChI=1S/C15H20F3N3O2/c1-3-23-14(22)11(2)20-6-8-21(9-7-20)13-5-4-12(10-19-13)15(16,17)18/h4-5,10-11H,3,6-9H2,1-2H3. The molecule has 0 saturated carbocycles. The van der Waals surface area contributed by atoms with E-state index in [0.29, 0.717) is 38.6 Å². The molecule has 2 rings (SSSR count). The van der Waals surface area contributed by atoms with Crippen LogP contribution in [0, 0.1) is 0 Å². The molecule has 128 valence electrons. The predicted molar refractivity (Wildman–Crippen MR) is 79.1 cm³/mol. The summed E-state index contributed by atoms with van der Waals surface area (Å²) in [7, 11) is 0. The third-order valence-electron chi connectivity index (χ3n) is 3.89. The molecule has 1 aliphatic rings. The van der Waals surface area contributed by atoms with E-state index < -0.39 is 11.7 Å². The second-order valence-corrected chi connectivity index (χ2v) is 5.35. The van der Waals surface area contributed by atoms with Crippen molar-refractivity contribution in [2.24, 2.45) is 0 Å². The van der Waals surface area contributed by atoms with Gasteiger partial charge in [-0.05, 0) is 26.0 Å². The summed E-state index contributed by atoms with van der Waals surface area (Å²) in [6, 6.07) is 2.10. The minimum absolute atomic E-state index is 0.256. The number of esters is 1. The first-order valence-electron chi connectivity index (χ1n) is 7.51. The van der Waals surface area contributed by atoms with Gasteiger partial charge in [0.05, 0.1) is 12.2 Å². The molecule has 1 saturated heterocycles. The minimum Gasteiger partial charge on any atom is -0.465 e. The fraction of sp³-hybridized carbons (Fsp3) is 0.600. The van der Waals surface area contributed by atoms with Crippen LogP contribution < -0.4 is 4.90 Å². The molecule has 2 heterocycles. The van der Waals surface area contributed by atoms with Gasteiger partial charge in [-0.3, -0.25) is 9.69 Å². The van der Waals surface area contributed by atoms with E-state index in [2.05, 4.69) is 4.98 Å². The normalized spacial score (nSPS) is 17.9. The number of piperazine rings is 1. The lowest BCUT2D eigenvalue weighted by Gasteiger charge is -2.37. The SMILES string of the molecule is CCOC(=O)C(C)N1CCN(c2ccc(C(F)(F)F)cn2)CC1. The maximum Gasteiger partial charge on any atom is 0.417 e. The fourth-order valence-electron chi connectivity index (χ4n) is 2.49. The summed E-state index contributed by atoms with van der Waals surface area (Å²) in [6.07, 6.45) is -3.53. The third kappa shape index (κ3) is 4.34. The minimum atomic E-state index is -4.38. The maximum absolute atomic E-state index is 12.5. The summed E-state index contributed by atoms with van der Waals surface area (Å²) in [4.78, 5) is 19.5. The largest absolute Gasteiger partial charge is 0.465 e. The number of hydrogen-bond acceptors (Lipinski definition) is 5. The second kappa shape index (κ2) is 7.16. The molecule has 0 aliphatic carbocycles. The fourth-order valence-corrected chi connectivity index (χ4v) is 2.49. The molecule has 1 unspecified atom stereocenters. The Labute approximate surface area is 133 Å². The quantitative estimate of drug-likeness (QED) is 0.792. The number of nitrogens with zero attached hydrogens (tertiary/aromatic N) is 3. The lowest BCUT2D eigenvalue weighted by molar-refractivity contribution is -0.149. The molecule has 1 fully saturated rings. The summed E-state index contributed by atoms with van der Waals surface area (Å²) in [5.74, 6) is 0.259. The molecule has 5 nitrogen and oxygen atoms in total. The highest BCUT2D eigenvalue weighted by molar-refractivity contribution is 5.75. The van der Waals surface area contributed by atoms with Crippen LogP contribution >= 0.6 is 0 Å². The van der Waals surface area contributed by atoms with Gasteiger partial charge in [0.25, 0.3) is 0 Å². The first kappa shape index (κ1) is 17.5. The number of pyridine rings is 1. The van der Waals surface area contributed by atoms with E-state index in [4.69, 9.17) is 4.74 Å². The van der Waals surface area contributed by atoms with E-state index in [-0.39, 0.29) is 12.0 Å². The zero-order valence-corrected chi connectivity index (χ0v) is 13.1. The number of alkyl halides is 3. The zero-order chi connectivity index (χ0) is 17.0. The predicted octanol–water partition coefficient (Wildman–Crippen LogP) is 2.17. The van der Waals surface area contributed by atoms with Crippen molar-refractivity contribution in [3.63, 3.8) is 0 Å². The van der Waals surface area contributed by atoms with Crippen molar-refractivity contribution in [1.82, 2.24) is 9.88 Å². The summed E-state index contributed by atoms with van der Waals surface area (Å²) >= 11 is 0. The van der Waals surface area contributed by atoms with Crippen molar-refractivity contribution in [2.45, 2.75) is 26.1 Å². The van der Waals surface area contributed by atoms with E-state index in [1.807, 2.05) is 9.80 Å². The number of hydrogen-bond donors (Lipinski definition) is 0. The molecule has 1 aromatic rings. The molecule has 8 heteroatoms. The zero-order valence-electron chi connectivity index (χ0n) is 13.1. The number of carbonyl (C=O) groups is 1. The molecule has 0 amide bonds. The Morgan fingerprint density at radius 1 is 1.30 bits per heavy atom. The number of halogens is 3. The summed E-state index contributed by atoms with van der Waals surface area (Å²) in [6.45, 7) is 6.36. The van der Waals surface area contributed by atoms with Crippen LogP contribution in [0.1, 0.15) is 19.4 Å². The molecule has 0 aromatic carbocycles. The third-order valence-corrected chi connectivity index (χ3v) is 3.89. The van der Waals surface area contributed by atoms with Gasteiger partial charge in [-0.2, -0.15) is 13.2 Å². The highest BCUT2D eigenvalue weighted by Gasteiger charge is 2.31. The smallest absolute Gasteiger partial charge is 0.417 e. The number of ether oxygens (including phenoxy) is 1. The number of rotatable bonds is 4. The first-order chi connectivity index (χ1) is 10.8. The highest BCUT2D eigenvalue weighted by Crippen LogP contribution is 2.29. The molecule has 1 atom stereocenters. The highest BCUT2D eigenvalue weighted by atomic mass is 19.4. The van der Waals surface area contributed by atoms with Crippen LogP contribution in [0.3, 0.4) is 0 Å². The van der Waals surface area contributed by atoms with Crippen LogP contribution in [-0.2, 0) is 15.7 Å². The van der Waals surface area contributed by atoms with Crippen molar-refractivity contribution >= 4 is 11.8 Å². The van der Waals surface area contributed by atoms with Gasteiger partial charge in [-0.15, -0.1) is 0 Å². The van der Waals surface area contributed by atoms with E-state index in [9.17, 15) is 18.0 Å². The van der Waals surface area contributed by atoms with E-state index >= 15 is 0 Å². The van der Waals surface area contributed by atoms with E-state index in [1.165, 1.54) is 6.07 Å². The summed E-state index contributed by atoms with van der Waals surface area (Å²) in [5.41, 5.74) is -0.754. The topological polar surface area (TPSA) is 45.7 Å². The van der Waals surface area contributed by atoms with E-state index in [1.54, 1.807) is 13.8 Å². The number of anilines is 1. The van der Waals surface area contributed by atoms with Gasteiger partial charge in [0.15, 0.2) is 0 Å². The van der Waals surface area contributed by atoms with Crippen LogP contribution in [0.2, 0.25) is 0 Å². The average molecular weight is 331 g/mol. The Hall–Kier alpha value is -1.83. The molecule has 0 spiro atoms. The maximum atomic E-state index is 12.5. The monoisotopic (exact) mass is 331 g/mol. The molecule has 23 heavy (non-hydrogen) atoms. The Kier molecular flexibility index (Phi) is 5.46. The molecule has 1 aromatic heterocycles. The molecular weight excluding hydrogens is 311 g/mol. The van der Waals surface area contributed by atoms with Crippen LogP contribution in [0.15, 0.2) is 18.3 Å². The van der Waals surface area contributed by atoms with Crippen molar-refractivity contribution in [3.8, 4) is 0 Å². The Balaban J connectivity index is 1.93. The van der Waals surface area contributed by atoms with Crippen LogP contribution in [-0.4, -0.2) is 54.7 Å². The molecule has 1 aliphatic heterocycles. The lowest BCUT2D eigenvalue weighted by Crippen LogP contribution is -2.52. The van der Waals surface area contributed by atoms with Crippen LogP contribution in [0.4, 0.5) is 19.0 Å². The molecule has 0 radical (unpaired) electrons. The van der Waals surface area contributed by atoms with E-state index in [0.717, 1.165) is 12.3 Å². The Morgan fingerprint density at radius 3 is 2.43 bits per heavy atom. The Morgan fingerprint density at radius 2 is 1.96 bits per heavy atom. The van der Waals surface area contributed by atoms with Crippen LogP contribution in [0.5, 0.6) is 0 Å². The van der Waals surface area contributed by atoms with Gasteiger partial charge in [0, 0.05) is 32.4 Å². The van der Waals surface area contributed by atoms with Crippen LogP contribution in [0.25, 0.3) is 0 Å². The number of aromatic nitrogens is 1. The van der Waals surface area contributed by atoms with Gasteiger partial charge in [0.2, 0.25) is 0 Å². The lowest BCUT2D eigenvalue weighted by atomic mass is 10.2. The van der Waals surface area contributed by atoms with Gasteiger partial charge in [0.1, 0.15) is 11.9 Å². The average Bonchev–Trinajstić information content (AvgIpc) is 2.54. The van der Waals surface area contributed by atoms with Crippen molar-refractivity contribution in [2.75, 3.05) is 37.7 Å². The van der Waals surface area contributed by atoms with Gasteiger partial charge < -0.3 is 9.64 Å². The van der Waals surface area contributed by atoms with Gasteiger partial charge in [-0.25, -0.2) is 4.98 Å². The first-order valence-corrected chi connectivity index (χ1v) is 7.51. The molecule has 0 N–H and O–H groups in total. The van der Waals surface area contributed by atoms with Crippen molar-refractivity contribution < 1.29 is 22.7 Å². The Bertz CT molecular complexity index is 526. The molecule has 0 bridgehead atoms. The number of carbonyl (C=O) groups excluding carboxylic acids is 1. The second-order valence-electron chi connectivity index (χ2n) is 5.35. The summed E-state index contributed by atoms with van der Waals surface area (Å²) in [5, 5.41) is 0. The summed E-state index contributed by atoms with van der Waals surface area (Å²) < 4.78 is 42.6. The van der Waals surface area contributed by atoms with Gasteiger partial charge in [-0.1, -0.05) is 0 Å². The van der Waals surface area contributed by atoms with Gasteiger partial charge >= 0.3 is 12.1 Å². The van der Waals surface area contributed by atoms with Crippen molar-refractivity contribution in [3.05, 3.63) is 23.9 Å². The van der Waals surface area contributed by atoms with Crippen molar-refractivity contribution in [1.29, 1.82) is 0 Å².